The number of nitrogen functional groups attached to an aromatic ring is 1. The molecule has 0 spiro atoms. The average molecular weight is 350 g/mol. The molecular weight excluding hydrogens is 314 g/mol. The smallest absolute Gasteiger partial charge is 0.0317 e. The summed E-state index contributed by atoms with van der Waals surface area (Å²) in [5, 5.41) is 0. The third-order valence-electron chi connectivity index (χ3n) is 6.27. The maximum atomic E-state index is 5.95. The lowest BCUT2D eigenvalue weighted by Crippen LogP contribution is -2.13. The van der Waals surface area contributed by atoms with Gasteiger partial charge in [0, 0.05) is 5.69 Å². The van der Waals surface area contributed by atoms with E-state index < -0.39 is 0 Å². The largest absolute Gasteiger partial charge is 0.399 e. The van der Waals surface area contributed by atoms with Gasteiger partial charge in [-0.2, -0.15) is 0 Å². The standard InChI is InChI=1S/C25H35N/c1-3-5-6-7-19-8-10-21(11-9-19)22-12-14-23(15-13-22)25-17-16-24(26)18-20(25)4-2/h12-19,21H,3-11,26H2,1-2H3. The second-order valence-electron chi connectivity index (χ2n) is 8.11. The first-order valence-corrected chi connectivity index (χ1v) is 10.7. The molecule has 0 saturated heterocycles. The summed E-state index contributed by atoms with van der Waals surface area (Å²) in [4.78, 5) is 0. The van der Waals surface area contributed by atoms with Gasteiger partial charge in [0.15, 0.2) is 0 Å². The molecule has 2 N–H and O–H groups in total. The fourth-order valence-corrected chi connectivity index (χ4v) is 4.59. The van der Waals surface area contributed by atoms with Crippen molar-refractivity contribution >= 4 is 5.69 Å². The molecule has 0 radical (unpaired) electrons. The first-order chi connectivity index (χ1) is 12.7. The first-order valence-electron chi connectivity index (χ1n) is 10.7. The van der Waals surface area contributed by atoms with Crippen LogP contribution in [0.1, 0.15) is 82.3 Å². The summed E-state index contributed by atoms with van der Waals surface area (Å²) in [6, 6.07) is 15.7. The van der Waals surface area contributed by atoms with Gasteiger partial charge in [0.2, 0.25) is 0 Å². The molecule has 1 nitrogen and oxygen atoms in total. The van der Waals surface area contributed by atoms with Crippen molar-refractivity contribution in [1.82, 2.24) is 0 Å². The Hall–Kier alpha value is -1.76. The van der Waals surface area contributed by atoms with Gasteiger partial charge in [-0.05, 0) is 78.3 Å². The Labute approximate surface area is 160 Å². The molecule has 1 fully saturated rings. The number of benzene rings is 2. The molecule has 0 atom stereocenters. The quantitative estimate of drug-likeness (QED) is 0.410. The van der Waals surface area contributed by atoms with E-state index in [2.05, 4.69) is 50.2 Å². The number of anilines is 1. The van der Waals surface area contributed by atoms with Gasteiger partial charge in [0.25, 0.3) is 0 Å². The Morgan fingerprint density at radius 3 is 2.27 bits per heavy atom. The average Bonchev–Trinajstić information content (AvgIpc) is 2.69. The predicted molar refractivity (Wildman–Crippen MR) is 115 cm³/mol. The summed E-state index contributed by atoms with van der Waals surface area (Å²) >= 11 is 0. The summed E-state index contributed by atoms with van der Waals surface area (Å²) in [5.74, 6) is 1.75. The van der Waals surface area contributed by atoms with Crippen molar-refractivity contribution in [2.45, 2.75) is 77.6 Å². The van der Waals surface area contributed by atoms with E-state index in [9.17, 15) is 0 Å². The SMILES string of the molecule is CCCCCC1CCC(c2ccc(-c3ccc(N)cc3CC)cc2)CC1. The molecule has 1 saturated carbocycles. The minimum Gasteiger partial charge on any atom is -0.399 e. The van der Waals surface area contributed by atoms with E-state index in [1.807, 2.05) is 6.07 Å². The van der Waals surface area contributed by atoms with Gasteiger partial charge in [-0.25, -0.2) is 0 Å². The van der Waals surface area contributed by atoms with E-state index in [0.29, 0.717) is 0 Å². The molecule has 140 valence electrons. The van der Waals surface area contributed by atoms with Crippen LogP contribution in [0.3, 0.4) is 0 Å². The molecular formula is C25H35N. The summed E-state index contributed by atoms with van der Waals surface area (Å²) in [6.45, 7) is 4.50. The topological polar surface area (TPSA) is 26.0 Å². The number of nitrogens with two attached hydrogens (primary N) is 1. The van der Waals surface area contributed by atoms with Crippen LogP contribution in [-0.4, -0.2) is 0 Å². The Bertz CT molecular complexity index is 678. The monoisotopic (exact) mass is 349 g/mol. The summed E-state index contributed by atoms with van der Waals surface area (Å²) < 4.78 is 0. The number of unbranched alkanes of at least 4 members (excludes halogenated alkanes) is 2. The van der Waals surface area contributed by atoms with E-state index >= 15 is 0 Å². The number of aryl methyl sites for hydroxylation is 1. The third-order valence-corrected chi connectivity index (χ3v) is 6.27. The molecule has 0 aliphatic heterocycles. The van der Waals surface area contributed by atoms with Crippen molar-refractivity contribution in [1.29, 1.82) is 0 Å². The van der Waals surface area contributed by atoms with Gasteiger partial charge in [-0.1, -0.05) is 69.9 Å². The lowest BCUT2D eigenvalue weighted by atomic mass is 9.77. The van der Waals surface area contributed by atoms with Gasteiger partial charge >= 0.3 is 0 Å². The fraction of sp³-hybridized carbons (Fsp3) is 0.520. The summed E-state index contributed by atoms with van der Waals surface area (Å²) in [5.41, 5.74) is 12.3. The molecule has 2 aromatic carbocycles. The highest BCUT2D eigenvalue weighted by Crippen LogP contribution is 2.38. The van der Waals surface area contributed by atoms with Crippen molar-refractivity contribution in [3.05, 3.63) is 53.6 Å². The van der Waals surface area contributed by atoms with Crippen LogP contribution >= 0.6 is 0 Å². The maximum absolute atomic E-state index is 5.95. The molecule has 2 aromatic rings. The zero-order valence-corrected chi connectivity index (χ0v) is 16.6. The lowest BCUT2D eigenvalue weighted by Gasteiger charge is -2.29. The van der Waals surface area contributed by atoms with Crippen LogP contribution in [0.25, 0.3) is 11.1 Å². The zero-order valence-electron chi connectivity index (χ0n) is 16.6. The van der Waals surface area contributed by atoms with Crippen molar-refractivity contribution in [3.63, 3.8) is 0 Å². The van der Waals surface area contributed by atoms with Crippen molar-refractivity contribution in [2.75, 3.05) is 5.73 Å². The molecule has 3 rings (SSSR count). The lowest BCUT2D eigenvalue weighted by molar-refractivity contribution is 0.303. The maximum Gasteiger partial charge on any atom is 0.0317 e. The van der Waals surface area contributed by atoms with Gasteiger partial charge in [-0.3, -0.25) is 0 Å². The zero-order chi connectivity index (χ0) is 18.4. The molecule has 1 aliphatic rings. The Morgan fingerprint density at radius 2 is 1.62 bits per heavy atom. The number of hydrogen-bond donors (Lipinski definition) is 1. The van der Waals surface area contributed by atoms with Crippen LogP contribution in [-0.2, 0) is 6.42 Å². The van der Waals surface area contributed by atoms with Crippen LogP contribution in [0.4, 0.5) is 5.69 Å². The van der Waals surface area contributed by atoms with Crippen molar-refractivity contribution in [2.24, 2.45) is 5.92 Å². The first kappa shape index (κ1) is 19.0. The molecule has 26 heavy (non-hydrogen) atoms. The van der Waals surface area contributed by atoms with Gasteiger partial charge in [0.05, 0.1) is 0 Å². The van der Waals surface area contributed by atoms with E-state index in [1.54, 1.807) is 0 Å². The molecule has 0 bridgehead atoms. The van der Waals surface area contributed by atoms with Crippen LogP contribution in [0.15, 0.2) is 42.5 Å². The Kier molecular flexibility index (Phi) is 6.77. The van der Waals surface area contributed by atoms with Crippen LogP contribution < -0.4 is 5.73 Å². The molecule has 1 heteroatoms. The second kappa shape index (κ2) is 9.26. The fourth-order valence-electron chi connectivity index (χ4n) is 4.59. The summed E-state index contributed by atoms with van der Waals surface area (Å²) in [6.07, 6.45) is 12.3. The van der Waals surface area contributed by atoms with E-state index in [4.69, 9.17) is 5.73 Å². The van der Waals surface area contributed by atoms with E-state index in [-0.39, 0.29) is 0 Å². The number of rotatable bonds is 7. The van der Waals surface area contributed by atoms with E-state index in [1.165, 1.54) is 73.6 Å². The normalized spacial score (nSPS) is 20.2. The second-order valence-corrected chi connectivity index (χ2v) is 8.11. The van der Waals surface area contributed by atoms with Crippen molar-refractivity contribution < 1.29 is 0 Å². The van der Waals surface area contributed by atoms with Crippen LogP contribution in [0.5, 0.6) is 0 Å². The third kappa shape index (κ3) is 4.69. The van der Waals surface area contributed by atoms with Gasteiger partial charge < -0.3 is 5.73 Å². The number of hydrogen-bond acceptors (Lipinski definition) is 1. The predicted octanol–water partition coefficient (Wildman–Crippen LogP) is 7.35. The summed E-state index contributed by atoms with van der Waals surface area (Å²) in [7, 11) is 0. The molecule has 0 heterocycles. The highest BCUT2D eigenvalue weighted by molar-refractivity contribution is 5.70. The van der Waals surface area contributed by atoms with Crippen LogP contribution in [0.2, 0.25) is 0 Å². The molecule has 0 amide bonds. The molecule has 0 aromatic heterocycles. The molecule has 1 aliphatic carbocycles. The van der Waals surface area contributed by atoms with Gasteiger partial charge in [0.1, 0.15) is 0 Å². The highest BCUT2D eigenvalue weighted by atomic mass is 14.5. The Morgan fingerprint density at radius 1 is 0.885 bits per heavy atom. The molecule has 0 unspecified atom stereocenters. The van der Waals surface area contributed by atoms with Crippen molar-refractivity contribution in [3.8, 4) is 11.1 Å². The minimum atomic E-state index is 0.767. The minimum absolute atomic E-state index is 0.767. The van der Waals surface area contributed by atoms with E-state index in [0.717, 1.165) is 23.9 Å². The highest BCUT2D eigenvalue weighted by Gasteiger charge is 2.22. The van der Waals surface area contributed by atoms with Crippen LogP contribution in [0, 0.1) is 5.92 Å². The van der Waals surface area contributed by atoms with Gasteiger partial charge in [-0.15, -0.1) is 0 Å². The Balaban J connectivity index is 1.62.